The third kappa shape index (κ3) is 4.20. The Bertz CT molecular complexity index is 1340. The molecule has 1 amide bonds. The minimum Gasteiger partial charge on any atom is -0.489 e. The van der Waals surface area contributed by atoms with E-state index in [0.29, 0.717) is 23.9 Å². The minimum absolute atomic E-state index is 0.0276. The van der Waals surface area contributed by atoms with E-state index >= 15 is 0 Å². The number of fused-ring (bicyclic) bond motifs is 1. The number of hydrogen-bond acceptors (Lipinski definition) is 9. The van der Waals surface area contributed by atoms with E-state index in [2.05, 4.69) is 30.4 Å². The first-order chi connectivity index (χ1) is 17.9. The van der Waals surface area contributed by atoms with Gasteiger partial charge in [-0.1, -0.05) is 6.07 Å². The number of nitrogen functional groups attached to an aromatic ring is 1. The number of nitrogens with zero attached hydrogens (tertiary/aromatic N) is 4. The monoisotopic (exact) mass is 504 g/mol. The second-order valence-electron chi connectivity index (χ2n) is 11.3. The molecule has 5 fully saturated rings. The van der Waals surface area contributed by atoms with Gasteiger partial charge in [0.15, 0.2) is 5.82 Å². The maximum absolute atomic E-state index is 13.1. The molecule has 2 aromatic heterocycles. The Hall–Kier alpha value is -3.60. The number of carbonyl (C=O) groups excluding carboxylic acids is 1. The van der Waals surface area contributed by atoms with E-state index in [1.54, 1.807) is 6.07 Å². The Balaban J connectivity index is 1.06. The maximum Gasteiger partial charge on any atom is 0.319 e. The van der Waals surface area contributed by atoms with Crippen molar-refractivity contribution in [2.24, 2.45) is 11.7 Å². The van der Waals surface area contributed by atoms with Crippen LogP contribution >= 0.6 is 0 Å². The lowest BCUT2D eigenvalue weighted by molar-refractivity contribution is -0.0439. The van der Waals surface area contributed by atoms with Crippen LogP contribution in [0.4, 0.5) is 11.6 Å². The standard InChI is InChI=1S/C26H32N8O3/c27-22-21-17(32-33-22)2-1-3-19(21)37-16-4-8-34(9-5-16)20-10-18(23(35)31-26-11-15(12-26)13-26)29-24(30-20)36-14-25(28)6-7-25/h1-3,10,15-16H,4-9,11-14,28H2,(H,31,35)(H3,27,32,33). The van der Waals surface area contributed by atoms with Gasteiger partial charge in [-0.15, -0.1) is 0 Å². The number of amides is 1. The second-order valence-corrected chi connectivity index (χ2v) is 11.3. The van der Waals surface area contributed by atoms with Gasteiger partial charge in [0.25, 0.3) is 5.91 Å². The number of hydrogen-bond donors (Lipinski definition) is 4. The number of rotatable bonds is 8. The maximum atomic E-state index is 13.1. The minimum atomic E-state index is -0.301. The number of carbonyl (C=O) groups is 1. The quantitative estimate of drug-likeness (QED) is 0.361. The Morgan fingerprint density at radius 3 is 2.68 bits per heavy atom. The fraction of sp³-hybridized carbons (Fsp3) is 0.538. The molecule has 0 spiro atoms. The number of H-pyrrole nitrogens is 1. The summed E-state index contributed by atoms with van der Waals surface area (Å²) in [4.78, 5) is 24.4. The molecular weight excluding hydrogens is 472 g/mol. The lowest BCUT2D eigenvalue weighted by Gasteiger charge is -2.61. The highest BCUT2D eigenvalue weighted by atomic mass is 16.5. The van der Waals surface area contributed by atoms with Crippen molar-refractivity contribution in [3.05, 3.63) is 30.0 Å². The Morgan fingerprint density at radius 1 is 1.19 bits per heavy atom. The van der Waals surface area contributed by atoms with Crippen LogP contribution in [-0.2, 0) is 0 Å². The lowest BCUT2D eigenvalue weighted by atomic mass is 9.50. The van der Waals surface area contributed by atoms with E-state index in [4.69, 9.17) is 20.9 Å². The third-order valence-electron chi connectivity index (χ3n) is 8.36. The molecule has 6 N–H and O–H groups in total. The molecule has 2 bridgehead atoms. The van der Waals surface area contributed by atoms with Crippen molar-refractivity contribution in [2.75, 3.05) is 30.3 Å². The summed E-state index contributed by atoms with van der Waals surface area (Å²) in [7, 11) is 0. The zero-order valence-electron chi connectivity index (χ0n) is 20.7. The highest BCUT2D eigenvalue weighted by Crippen LogP contribution is 2.57. The van der Waals surface area contributed by atoms with Gasteiger partial charge >= 0.3 is 6.01 Å². The molecule has 0 atom stereocenters. The fourth-order valence-corrected chi connectivity index (χ4v) is 5.75. The number of anilines is 2. The zero-order valence-corrected chi connectivity index (χ0v) is 20.7. The molecule has 11 nitrogen and oxygen atoms in total. The van der Waals surface area contributed by atoms with Crippen LogP contribution in [0, 0.1) is 5.92 Å². The molecule has 0 radical (unpaired) electrons. The van der Waals surface area contributed by atoms with Crippen LogP contribution < -0.4 is 31.2 Å². The van der Waals surface area contributed by atoms with Crippen molar-refractivity contribution in [1.29, 1.82) is 0 Å². The second kappa shape index (κ2) is 8.20. The summed E-state index contributed by atoms with van der Waals surface area (Å²) in [6, 6.07) is 7.77. The average molecular weight is 505 g/mol. The van der Waals surface area contributed by atoms with Crippen LogP contribution in [-0.4, -0.2) is 63.0 Å². The molecule has 11 heteroatoms. The predicted molar refractivity (Wildman–Crippen MR) is 138 cm³/mol. The number of nitrogens with two attached hydrogens (primary N) is 2. The Kier molecular flexibility index (Phi) is 5.01. The predicted octanol–water partition coefficient (Wildman–Crippen LogP) is 2.14. The lowest BCUT2D eigenvalue weighted by Crippen LogP contribution is -2.68. The molecule has 3 aromatic rings. The van der Waals surface area contributed by atoms with E-state index in [1.165, 1.54) is 0 Å². The largest absolute Gasteiger partial charge is 0.489 e. The van der Waals surface area contributed by atoms with Crippen molar-refractivity contribution >= 4 is 28.4 Å². The van der Waals surface area contributed by atoms with Gasteiger partial charge in [0.1, 0.15) is 30.0 Å². The number of nitrogens with one attached hydrogen (secondary N) is 2. The number of aromatic nitrogens is 4. The first-order valence-corrected chi connectivity index (χ1v) is 13.1. The van der Waals surface area contributed by atoms with Gasteiger partial charge in [-0.05, 0) is 50.2 Å². The van der Waals surface area contributed by atoms with E-state index in [-0.39, 0.29) is 29.1 Å². The van der Waals surface area contributed by atoms with E-state index in [1.807, 2.05) is 18.2 Å². The fourth-order valence-electron chi connectivity index (χ4n) is 5.75. The van der Waals surface area contributed by atoms with Crippen LogP contribution in [0.15, 0.2) is 24.3 Å². The summed E-state index contributed by atoms with van der Waals surface area (Å²) in [6.45, 7) is 1.80. The number of ether oxygens (including phenoxy) is 2. The Morgan fingerprint density at radius 2 is 1.97 bits per heavy atom. The molecule has 1 aromatic carbocycles. The van der Waals surface area contributed by atoms with Crippen molar-refractivity contribution < 1.29 is 14.3 Å². The molecule has 37 heavy (non-hydrogen) atoms. The van der Waals surface area contributed by atoms with E-state index < -0.39 is 0 Å². The topological polar surface area (TPSA) is 157 Å². The van der Waals surface area contributed by atoms with E-state index in [0.717, 1.165) is 80.6 Å². The van der Waals surface area contributed by atoms with Gasteiger partial charge < -0.3 is 31.2 Å². The van der Waals surface area contributed by atoms with Gasteiger partial charge in [0.2, 0.25) is 0 Å². The summed E-state index contributed by atoms with van der Waals surface area (Å²) in [5, 5.41) is 11.0. The molecule has 1 saturated heterocycles. The van der Waals surface area contributed by atoms with Crippen molar-refractivity contribution in [1.82, 2.24) is 25.5 Å². The molecule has 4 aliphatic carbocycles. The number of benzene rings is 1. The van der Waals surface area contributed by atoms with Crippen LogP contribution in [0.5, 0.6) is 11.8 Å². The van der Waals surface area contributed by atoms with Crippen LogP contribution in [0.2, 0.25) is 0 Å². The first-order valence-electron chi connectivity index (χ1n) is 13.1. The molecule has 4 saturated carbocycles. The van der Waals surface area contributed by atoms with Crippen molar-refractivity contribution in [3.8, 4) is 11.8 Å². The van der Waals surface area contributed by atoms with Crippen molar-refractivity contribution in [3.63, 3.8) is 0 Å². The molecular formula is C26H32N8O3. The zero-order chi connectivity index (χ0) is 25.2. The SMILES string of the molecule is Nc1n[nH]c2cccc(OC3CCN(c4cc(C(=O)NC56CC(C5)C6)nc(OCC5(N)CC5)n4)CC3)c12. The normalized spacial score (nSPS) is 25.8. The van der Waals surface area contributed by atoms with Gasteiger partial charge in [-0.25, -0.2) is 0 Å². The van der Waals surface area contributed by atoms with Gasteiger partial charge in [0.05, 0.1) is 16.4 Å². The van der Waals surface area contributed by atoms with Crippen LogP contribution in [0.3, 0.4) is 0 Å². The molecule has 3 heterocycles. The Labute approximate surface area is 214 Å². The molecule has 0 unspecified atom stereocenters. The highest BCUT2D eigenvalue weighted by Gasteiger charge is 2.57. The van der Waals surface area contributed by atoms with Crippen LogP contribution in [0.25, 0.3) is 10.9 Å². The third-order valence-corrected chi connectivity index (χ3v) is 8.36. The number of piperidine rings is 1. The first kappa shape index (κ1) is 22.6. The highest BCUT2D eigenvalue weighted by molar-refractivity contribution is 5.94. The average Bonchev–Trinajstić information content (AvgIpc) is 3.48. The summed E-state index contributed by atoms with van der Waals surface area (Å²) in [5.41, 5.74) is 13.1. The summed E-state index contributed by atoms with van der Waals surface area (Å²) < 4.78 is 12.2. The molecule has 8 rings (SSSR count). The molecule has 194 valence electrons. The van der Waals surface area contributed by atoms with Crippen LogP contribution in [0.1, 0.15) is 55.4 Å². The molecule has 1 aliphatic heterocycles. The van der Waals surface area contributed by atoms with Gasteiger partial charge in [-0.3, -0.25) is 9.89 Å². The smallest absolute Gasteiger partial charge is 0.319 e. The summed E-state index contributed by atoms with van der Waals surface area (Å²) >= 11 is 0. The summed E-state index contributed by atoms with van der Waals surface area (Å²) in [6.07, 6.45) is 6.70. The number of aromatic amines is 1. The van der Waals surface area contributed by atoms with Gasteiger partial charge in [-0.2, -0.15) is 15.1 Å². The molecule has 5 aliphatic rings. The van der Waals surface area contributed by atoms with E-state index in [9.17, 15) is 4.79 Å². The summed E-state index contributed by atoms with van der Waals surface area (Å²) in [5.74, 6) is 2.48. The van der Waals surface area contributed by atoms with Gasteiger partial charge in [0, 0.05) is 37.5 Å². The van der Waals surface area contributed by atoms with Crippen molar-refractivity contribution in [2.45, 2.75) is 62.1 Å².